The summed E-state index contributed by atoms with van der Waals surface area (Å²) in [6.07, 6.45) is 7.55. The van der Waals surface area contributed by atoms with Crippen LogP contribution in [0.15, 0.2) is 73.2 Å². The van der Waals surface area contributed by atoms with Crippen LogP contribution >= 0.6 is 0 Å². The largest absolute Gasteiger partial charge is 0.292 e. The van der Waals surface area contributed by atoms with Gasteiger partial charge in [-0.05, 0) is 46.4 Å². The predicted molar refractivity (Wildman–Crippen MR) is 122 cm³/mol. The van der Waals surface area contributed by atoms with Crippen LogP contribution in [0, 0.1) is 0 Å². The normalized spacial score (nSPS) is 13.5. The Balaban J connectivity index is 1.55. The fourth-order valence-corrected chi connectivity index (χ4v) is 5.69. The maximum Gasteiger partial charge on any atom is 0.164 e. The van der Waals surface area contributed by atoms with Gasteiger partial charge >= 0.3 is 0 Å². The van der Waals surface area contributed by atoms with Crippen LogP contribution < -0.4 is 0 Å². The Morgan fingerprint density at radius 2 is 1.65 bits per heavy atom. The molecule has 4 aromatic heterocycles. The molecule has 0 spiro atoms. The Labute approximate surface area is 177 Å². The number of aromatic nitrogens is 4. The SMILES string of the molecule is c1ccc2c(c1)Cc1ccc3c(c1-2)-c1nc2c4ncccc4c4ccncc4n2c1C3. The first-order valence-corrected chi connectivity index (χ1v) is 10.6. The number of pyridine rings is 3. The summed E-state index contributed by atoms with van der Waals surface area (Å²) in [6, 6.07) is 19.6. The zero-order chi connectivity index (χ0) is 20.1. The molecule has 4 heterocycles. The van der Waals surface area contributed by atoms with Gasteiger partial charge in [-0.2, -0.15) is 0 Å². The highest BCUT2D eigenvalue weighted by molar-refractivity contribution is 6.10. The van der Waals surface area contributed by atoms with Crippen molar-refractivity contribution in [2.24, 2.45) is 0 Å². The van der Waals surface area contributed by atoms with E-state index in [9.17, 15) is 0 Å². The molecule has 0 bridgehead atoms. The molecule has 0 fully saturated rings. The number of fused-ring (bicyclic) bond motifs is 14. The molecule has 2 aromatic carbocycles. The van der Waals surface area contributed by atoms with Crippen LogP contribution in [-0.4, -0.2) is 19.4 Å². The first-order chi connectivity index (χ1) is 15.4. The molecule has 31 heavy (non-hydrogen) atoms. The number of rotatable bonds is 0. The van der Waals surface area contributed by atoms with Crippen molar-refractivity contribution in [3.05, 3.63) is 95.6 Å². The van der Waals surface area contributed by atoms with Crippen molar-refractivity contribution in [3.8, 4) is 22.4 Å². The summed E-state index contributed by atoms with van der Waals surface area (Å²) < 4.78 is 2.29. The second-order valence-corrected chi connectivity index (χ2v) is 8.50. The van der Waals surface area contributed by atoms with Crippen LogP contribution in [0.4, 0.5) is 0 Å². The third kappa shape index (κ3) is 1.84. The van der Waals surface area contributed by atoms with Crippen LogP contribution in [0.5, 0.6) is 0 Å². The van der Waals surface area contributed by atoms with E-state index < -0.39 is 0 Å². The number of hydrogen-bond acceptors (Lipinski definition) is 3. The monoisotopic (exact) mass is 396 g/mol. The van der Waals surface area contributed by atoms with Gasteiger partial charge in [-0.3, -0.25) is 14.4 Å². The van der Waals surface area contributed by atoms with E-state index in [0.29, 0.717) is 0 Å². The molecule has 0 radical (unpaired) electrons. The lowest BCUT2D eigenvalue weighted by Crippen LogP contribution is -1.97. The minimum atomic E-state index is 0.879. The molecule has 0 saturated carbocycles. The van der Waals surface area contributed by atoms with E-state index in [1.807, 2.05) is 24.7 Å². The Bertz CT molecular complexity index is 1740. The molecule has 0 aliphatic heterocycles. The van der Waals surface area contributed by atoms with Crippen molar-refractivity contribution >= 4 is 27.5 Å². The summed E-state index contributed by atoms with van der Waals surface area (Å²) in [6.45, 7) is 0. The van der Waals surface area contributed by atoms with Gasteiger partial charge in [-0.1, -0.05) is 42.5 Å². The summed E-state index contributed by atoms with van der Waals surface area (Å²) in [5.41, 5.74) is 13.5. The fraction of sp³-hybridized carbons (Fsp3) is 0.0741. The highest BCUT2D eigenvalue weighted by Crippen LogP contribution is 2.49. The molecule has 0 amide bonds. The predicted octanol–water partition coefficient (Wildman–Crippen LogP) is 5.57. The first kappa shape index (κ1) is 15.7. The van der Waals surface area contributed by atoms with Gasteiger partial charge in [0.25, 0.3) is 0 Å². The minimum Gasteiger partial charge on any atom is -0.292 e. The van der Waals surface area contributed by atoms with E-state index in [2.05, 4.69) is 57.9 Å². The van der Waals surface area contributed by atoms with Crippen molar-refractivity contribution in [1.82, 2.24) is 19.4 Å². The van der Waals surface area contributed by atoms with Crippen molar-refractivity contribution in [3.63, 3.8) is 0 Å². The molecule has 6 aromatic rings. The van der Waals surface area contributed by atoms with Crippen LogP contribution in [0.3, 0.4) is 0 Å². The fourth-order valence-electron chi connectivity index (χ4n) is 5.69. The zero-order valence-corrected chi connectivity index (χ0v) is 16.6. The van der Waals surface area contributed by atoms with Gasteiger partial charge in [0.15, 0.2) is 5.65 Å². The highest BCUT2D eigenvalue weighted by atomic mass is 15.1. The molecule has 0 unspecified atom stereocenters. The number of benzene rings is 2. The van der Waals surface area contributed by atoms with E-state index >= 15 is 0 Å². The molecular formula is C27H16N4. The molecule has 8 rings (SSSR count). The van der Waals surface area contributed by atoms with E-state index in [-0.39, 0.29) is 0 Å². The number of imidazole rings is 1. The van der Waals surface area contributed by atoms with Crippen molar-refractivity contribution in [2.75, 3.05) is 0 Å². The Morgan fingerprint density at radius 3 is 2.61 bits per heavy atom. The van der Waals surface area contributed by atoms with Crippen molar-refractivity contribution < 1.29 is 0 Å². The quantitative estimate of drug-likeness (QED) is 0.315. The van der Waals surface area contributed by atoms with Crippen molar-refractivity contribution in [1.29, 1.82) is 0 Å². The Kier molecular flexibility index (Phi) is 2.72. The van der Waals surface area contributed by atoms with Gasteiger partial charge in [0.05, 0.1) is 23.1 Å². The molecule has 144 valence electrons. The molecule has 0 saturated heterocycles. The molecule has 4 nitrogen and oxygen atoms in total. The lowest BCUT2D eigenvalue weighted by molar-refractivity contribution is 1.08. The van der Waals surface area contributed by atoms with E-state index in [1.165, 1.54) is 39.1 Å². The lowest BCUT2D eigenvalue weighted by Gasteiger charge is -2.10. The van der Waals surface area contributed by atoms with Gasteiger partial charge in [0.2, 0.25) is 0 Å². The second kappa shape index (κ2) is 5.35. The van der Waals surface area contributed by atoms with Crippen LogP contribution in [0.2, 0.25) is 0 Å². The average molecular weight is 396 g/mol. The number of hydrogen-bond donors (Lipinski definition) is 0. The van der Waals surface area contributed by atoms with Gasteiger partial charge in [-0.25, -0.2) is 4.98 Å². The molecule has 0 N–H and O–H groups in total. The van der Waals surface area contributed by atoms with E-state index in [1.54, 1.807) is 0 Å². The molecule has 4 heteroatoms. The Morgan fingerprint density at radius 1 is 0.742 bits per heavy atom. The zero-order valence-electron chi connectivity index (χ0n) is 16.6. The highest BCUT2D eigenvalue weighted by Gasteiger charge is 2.32. The standard InChI is InChI=1S/C27H16N4/c1-2-5-18-15(4-1)12-16-7-8-17-13-21-26(24(17)23(16)18)30-27-25-20(6-3-10-29-25)19-9-11-28-14-22(19)31(21)27/h1-11,14H,12-13H2. The maximum atomic E-state index is 5.24. The minimum absolute atomic E-state index is 0.879. The average Bonchev–Trinajstić information content (AvgIpc) is 3.48. The van der Waals surface area contributed by atoms with E-state index in [4.69, 9.17) is 9.97 Å². The second-order valence-electron chi connectivity index (χ2n) is 8.50. The topological polar surface area (TPSA) is 43.1 Å². The van der Waals surface area contributed by atoms with Crippen molar-refractivity contribution in [2.45, 2.75) is 12.8 Å². The summed E-state index contributed by atoms with van der Waals surface area (Å²) in [7, 11) is 0. The van der Waals surface area contributed by atoms with Crippen LogP contribution in [-0.2, 0) is 12.8 Å². The maximum absolute atomic E-state index is 5.24. The summed E-state index contributed by atoms with van der Waals surface area (Å²) in [5.74, 6) is 0. The molecule has 0 atom stereocenters. The number of nitrogens with zero attached hydrogens (tertiary/aromatic N) is 4. The third-order valence-electron chi connectivity index (χ3n) is 6.96. The molecule has 2 aliphatic rings. The molecular weight excluding hydrogens is 380 g/mol. The summed E-state index contributed by atoms with van der Waals surface area (Å²) >= 11 is 0. The molecule has 2 aliphatic carbocycles. The van der Waals surface area contributed by atoms with E-state index in [0.717, 1.165) is 46.0 Å². The Hall–Kier alpha value is -4.05. The smallest absolute Gasteiger partial charge is 0.164 e. The summed E-state index contributed by atoms with van der Waals surface area (Å²) in [4.78, 5) is 14.4. The van der Waals surface area contributed by atoms with Crippen LogP contribution in [0.25, 0.3) is 49.8 Å². The first-order valence-electron chi connectivity index (χ1n) is 10.6. The lowest BCUT2D eigenvalue weighted by atomic mass is 9.96. The van der Waals surface area contributed by atoms with Gasteiger partial charge in [0, 0.05) is 35.2 Å². The van der Waals surface area contributed by atoms with Crippen LogP contribution in [0.1, 0.15) is 22.4 Å². The van der Waals surface area contributed by atoms with Gasteiger partial charge < -0.3 is 0 Å². The van der Waals surface area contributed by atoms with Gasteiger partial charge in [0.1, 0.15) is 5.52 Å². The third-order valence-corrected chi connectivity index (χ3v) is 6.96. The summed E-state index contributed by atoms with van der Waals surface area (Å²) in [5, 5.41) is 2.29. The van der Waals surface area contributed by atoms with Gasteiger partial charge in [-0.15, -0.1) is 0 Å².